The van der Waals surface area contributed by atoms with Crippen molar-refractivity contribution in [2.24, 2.45) is 0 Å². The third kappa shape index (κ3) is 3.48. The summed E-state index contributed by atoms with van der Waals surface area (Å²) in [7, 11) is 1.47. The molecule has 2 heterocycles. The van der Waals surface area contributed by atoms with E-state index in [2.05, 4.69) is 5.32 Å². The lowest BCUT2D eigenvalue weighted by atomic mass is 10.1. The number of likely N-dealkylation sites (tertiary alicyclic amines) is 1. The van der Waals surface area contributed by atoms with Crippen LogP contribution in [-0.2, 0) is 19.1 Å². The minimum atomic E-state index is -0.603. The van der Waals surface area contributed by atoms with Crippen LogP contribution in [0.2, 0.25) is 0 Å². The second-order valence-corrected chi connectivity index (χ2v) is 6.14. The zero-order chi connectivity index (χ0) is 18.0. The summed E-state index contributed by atoms with van der Waals surface area (Å²) in [5.41, 5.74) is 0.291. The molecule has 1 N–H and O–H groups in total. The standard InChI is InChI=1S/C17H20FN3O4/c1-25-13-7-2-3-8-20(17(13)24)10-15(23)21-9-14(22)19-16-11(18)5-4-6-12(16)21/h4-6,13H,2-3,7-10H2,1H3,(H,19,22). The smallest absolute Gasteiger partial charge is 0.252 e. The van der Waals surface area contributed by atoms with Gasteiger partial charge in [-0.05, 0) is 31.4 Å². The second-order valence-electron chi connectivity index (χ2n) is 6.14. The Morgan fingerprint density at radius 1 is 1.36 bits per heavy atom. The molecule has 2 aliphatic rings. The van der Waals surface area contributed by atoms with Gasteiger partial charge in [-0.3, -0.25) is 19.3 Å². The van der Waals surface area contributed by atoms with E-state index in [1.54, 1.807) is 6.07 Å². The fourth-order valence-corrected chi connectivity index (χ4v) is 3.19. The highest BCUT2D eigenvalue weighted by Gasteiger charge is 2.33. The molecule has 1 aromatic carbocycles. The molecule has 25 heavy (non-hydrogen) atoms. The number of anilines is 2. The average molecular weight is 349 g/mol. The Hall–Kier alpha value is -2.48. The van der Waals surface area contributed by atoms with E-state index in [1.165, 1.54) is 29.0 Å². The Balaban J connectivity index is 1.81. The zero-order valence-electron chi connectivity index (χ0n) is 14.0. The van der Waals surface area contributed by atoms with E-state index in [0.29, 0.717) is 18.7 Å². The van der Waals surface area contributed by atoms with Crippen LogP contribution < -0.4 is 10.2 Å². The molecule has 7 nitrogen and oxygen atoms in total. The van der Waals surface area contributed by atoms with Gasteiger partial charge in [0.1, 0.15) is 30.7 Å². The van der Waals surface area contributed by atoms with Crippen LogP contribution in [0.5, 0.6) is 0 Å². The third-order valence-electron chi connectivity index (χ3n) is 4.49. The van der Waals surface area contributed by atoms with Gasteiger partial charge in [0.2, 0.25) is 11.8 Å². The maximum atomic E-state index is 13.9. The summed E-state index contributed by atoms with van der Waals surface area (Å²) in [4.78, 5) is 39.7. The molecule has 1 atom stereocenters. The highest BCUT2D eigenvalue weighted by atomic mass is 19.1. The zero-order valence-corrected chi connectivity index (χ0v) is 14.0. The van der Waals surface area contributed by atoms with Gasteiger partial charge in [0.15, 0.2) is 0 Å². The molecule has 0 bridgehead atoms. The number of amides is 3. The molecule has 0 aromatic heterocycles. The molecule has 0 saturated carbocycles. The number of nitrogens with zero attached hydrogens (tertiary/aromatic N) is 2. The molecule has 1 saturated heterocycles. The molecule has 0 radical (unpaired) electrons. The molecule has 134 valence electrons. The van der Waals surface area contributed by atoms with Gasteiger partial charge in [0, 0.05) is 13.7 Å². The van der Waals surface area contributed by atoms with E-state index >= 15 is 0 Å². The molecular weight excluding hydrogens is 329 g/mol. The van der Waals surface area contributed by atoms with Crippen LogP contribution in [0.3, 0.4) is 0 Å². The first-order chi connectivity index (χ1) is 12.0. The predicted molar refractivity (Wildman–Crippen MR) is 88.6 cm³/mol. The maximum absolute atomic E-state index is 13.9. The first-order valence-electron chi connectivity index (χ1n) is 8.21. The number of hydrogen-bond donors (Lipinski definition) is 1. The van der Waals surface area contributed by atoms with E-state index in [0.717, 1.165) is 12.8 Å². The van der Waals surface area contributed by atoms with Gasteiger partial charge in [-0.15, -0.1) is 0 Å². The molecule has 3 amide bonds. The predicted octanol–water partition coefficient (Wildman–Crippen LogP) is 1.14. The van der Waals surface area contributed by atoms with Crippen LogP contribution in [0.15, 0.2) is 18.2 Å². The lowest BCUT2D eigenvalue weighted by molar-refractivity contribution is -0.143. The Bertz CT molecular complexity index is 709. The number of carbonyl (C=O) groups is 3. The van der Waals surface area contributed by atoms with E-state index in [-0.39, 0.29) is 24.7 Å². The van der Waals surface area contributed by atoms with Crippen molar-refractivity contribution in [2.45, 2.75) is 25.4 Å². The summed E-state index contributed by atoms with van der Waals surface area (Å²) in [5, 5.41) is 2.44. The van der Waals surface area contributed by atoms with E-state index < -0.39 is 23.7 Å². The molecule has 1 unspecified atom stereocenters. The molecule has 1 aromatic rings. The second kappa shape index (κ2) is 7.18. The number of halogens is 1. The Labute approximate surface area is 144 Å². The Kier molecular flexibility index (Phi) is 4.98. The lowest BCUT2D eigenvalue weighted by Crippen LogP contribution is -2.49. The van der Waals surface area contributed by atoms with Crippen LogP contribution >= 0.6 is 0 Å². The Morgan fingerprint density at radius 3 is 2.92 bits per heavy atom. The quantitative estimate of drug-likeness (QED) is 0.888. The SMILES string of the molecule is COC1CCCCN(CC(=O)N2CC(=O)Nc3c(F)cccc32)C1=O. The molecular formula is C17H20FN3O4. The van der Waals surface area contributed by atoms with Crippen molar-refractivity contribution in [2.75, 3.05) is 37.0 Å². The number of para-hydroxylation sites is 1. The van der Waals surface area contributed by atoms with Crippen LogP contribution in [0.1, 0.15) is 19.3 Å². The van der Waals surface area contributed by atoms with Crippen molar-refractivity contribution >= 4 is 29.1 Å². The van der Waals surface area contributed by atoms with Gasteiger partial charge >= 0.3 is 0 Å². The number of hydrogen-bond acceptors (Lipinski definition) is 4. The van der Waals surface area contributed by atoms with E-state index in [1.807, 2.05) is 0 Å². The minimum absolute atomic E-state index is 0.0101. The summed E-state index contributed by atoms with van der Waals surface area (Å²) in [5.74, 6) is -1.72. The van der Waals surface area contributed by atoms with Crippen molar-refractivity contribution in [3.63, 3.8) is 0 Å². The van der Waals surface area contributed by atoms with Gasteiger partial charge in [0.05, 0.1) is 5.69 Å². The number of benzene rings is 1. The molecule has 8 heteroatoms. The van der Waals surface area contributed by atoms with Crippen molar-refractivity contribution < 1.29 is 23.5 Å². The van der Waals surface area contributed by atoms with Crippen LogP contribution in [-0.4, -0.2) is 55.5 Å². The largest absolute Gasteiger partial charge is 0.372 e. The number of methoxy groups -OCH3 is 1. The highest BCUT2D eigenvalue weighted by Crippen LogP contribution is 2.31. The normalized spacial score (nSPS) is 20.8. The van der Waals surface area contributed by atoms with Crippen molar-refractivity contribution in [3.05, 3.63) is 24.0 Å². The minimum Gasteiger partial charge on any atom is -0.372 e. The monoisotopic (exact) mass is 349 g/mol. The number of nitrogens with one attached hydrogen (secondary N) is 1. The van der Waals surface area contributed by atoms with Gasteiger partial charge in [0.25, 0.3) is 5.91 Å². The first kappa shape index (κ1) is 17.3. The summed E-state index contributed by atoms with van der Waals surface area (Å²) in [6.45, 7) is 0.0907. The number of rotatable bonds is 3. The lowest BCUT2D eigenvalue weighted by Gasteiger charge is -2.31. The summed E-state index contributed by atoms with van der Waals surface area (Å²) in [6.07, 6.45) is 1.70. The molecule has 1 fully saturated rings. The van der Waals surface area contributed by atoms with E-state index in [4.69, 9.17) is 4.74 Å². The van der Waals surface area contributed by atoms with Gasteiger partial charge in [-0.2, -0.15) is 0 Å². The summed E-state index contributed by atoms with van der Waals surface area (Å²) >= 11 is 0. The summed E-state index contributed by atoms with van der Waals surface area (Å²) < 4.78 is 19.1. The molecule has 0 aliphatic carbocycles. The third-order valence-corrected chi connectivity index (χ3v) is 4.49. The maximum Gasteiger partial charge on any atom is 0.252 e. The molecule has 2 aliphatic heterocycles. The number of fused-ring (bicyclic) bond motifs is 1. The Morgan fingerprint density at radius 2 is 2.16 bits per heavy atom. The molecule has 0 spiro atoms. The van der Waals surface area contributed by atoms with Crippen molar-refractivity contribution in [3.8, 4) is 0 Å². The molecule has 3 rings (SSSR count). The highest BCUT2D eigenvalue weighted by molar-refractivity contribution is 6.10. The summed E-state index contributed by atoms with van der Waals surface area (Å²) in [6, 6.07) is 4.26. The topological polar surface area (TPSA) is 79.0 Å². The fraction of sp³-hybridized carbons (Fsp3) is 0.471. The van der Waals surface area contributed by atoms with Crippen molar-refractivity contribution in [1.29, 1.82) is 0 Å². The number of ether oxygens (including phenoxy) is 1. The van der Waals surface area contributed by atoms with Crippen molar-refractivity contribution in [1.82, 2.24) is 4.90 Å². The average Bonchev–Trinajstić information content (AvgIpc) is 2.77. The fourth-order valence-electron chi connectivity index (χ4n) is 3.19. The van der Waals surface area contributed by atoms with Gasteiger partial charge < -0.3 is 15.0 Å². The van der Waals surface area contributed by atoms with Gasteiger partial charge in [-0.25, -0.2) is 4.39 Å². The van der Waals surface area contributed by atoms with Crippen LogP contribution in [0, 0.1) is 5.82 Å². The van der Waals surface area contributed by atoms with E-state index in [9.17, 15) is 18.8 Å². The van der Waals surface area contributed by atoms with Crippen LogP contribution in [0.4, 0.5) is 15.8 Å². The van der Waals surface area contributed by atoms with Gasteiger partial charge in [-0.1, -0.05) is 6.07 Å². The first-order valence-corrected chi connectivity index (χ1v) is 8.21. The van der Waals surface area contributed by atoms with Crippen LogP contribution in [0.25, 0.3) is 0 Å². The number of carbonyl (C=O) groups excluding carboxylic acids is 3.